The number of carbonyl (C=O) groups is 2. The third-order valence-electron chi connectivity index (χ3n) is 3.00. The molecule has 19 heavy (non-hydrogen) atoms. The Labute approximate surface area is 114 Å². The molecule has 0 unspecified atom stereocenters. The van der Waals surface area contributed by atoms with Crippen LogP contribution in [0, 0.1) is 16.7 Å². The van der Waals surface area contributed by atoms with Gasteiger partial charge < -0.3 is 15.3 Å². The minimum Gasteiger partial charge on any atom is -0.481 e. The van der Waals surface area contributed by atoms with E-state index in [0.29, 0.717) is 25.9 Å². The highest BCUT2D eigenvalue weighted by Crippen LogP contribution is 2.25. The Morgan fingerprint density at radius 2 is 2.00 bits per heavy atom. The second kappa shape index (κ2) is 8.35. The van der Waals surface area contributed by atoms with Crippen LogP contribution >= 0.6 is 0 Å². The smallest absolute Gasteiger partial charge is 0.317 e. The van der Waals surface area contributed by atoms with Crippen LogP contribution in [0.2, 0.25) is 0 Å². The summed E-state index contributed by atoms with van der Waals surface area (Å²) >= 11 is 0. The number of nitrogens with zero attached hydrogens (tertiary/aromatic N) is 2. The molecule has 0 atom stereocenters. The number of nitriles is 1. The number of rotatable bonds is 8. The van der Waals surface area contributed by atoms with E-state index in [1.807, 2.05) is 19.9 Å². The maximum atomic E-state index is 11.6. The topological polar surface area (TPSA) is 93.4 Å². The quantitative estimate of drug-likeness (QED) is 0.703. The van der Waals surface area contributed by atoms with Crippen LogP contribution in [0.4, 0.5) is 4.79 Å². The van der Waals surface area contributed by atoms with E-state index in [4.69, 9.17) is 10.4 Å². The van der Waals surface area contributed by atoms with Gasteiger partial charge in [-0.2, -0.15) is 5.26 Å². The van der Waals surface area contributed by atoms with Gasteiger partial charge in [-0.1, -0.05) is 13.8 Å². The van der Waals surface area contributed by atoms with Crippen molar-refractivity contribution in [1.82, 2.24) is 10.2 Å². The van der Waals surface area contributed by atoms with Crippen LogP contribution in [0.1, 0.15) is 39.5 Å². The van der Waals surface area contributed by atoms with E-state index in [1.54, 1.807) is 7.05 Å². The van der Waals surface area contributed by atoms with Crippen molar-refractivity contribution < 1.29 is 14.7 Å². The van der Waals surface area contributed by atoms with E-state index >= 15 is 0 Å². The van der Waals surface area contributed by atoms with Crippen LogP contribution in [0.25, 0.3) is 0 Å². The van der Waals surface area contributed by atoms with Crippen molar-refractivity contribution in [2.24, 2.45) is 5.41 Å². The number of carbonyl (C=O) groups excluding carboxylic acids is 1. The Morgan fingerprint density at radius 3 is 2.53 bits per heavy atom. The summed E-state index contributed by atoms with van der Waals surface area (Å²) in [6.07, 6.45) is 1.76. The minimum atomic E-state index is -0.798. The predicted octanol–water partition coefficient (Wildman–Crippen LogP) is 1.82. The molecule has 0 aliphatic carbocycles. The van der Waals surface area contributed by atoms with Crippen LogP contribution < -0.4 is 5.32 Å². The van der Waals surface area contributed by atoms with E-state index in [9.17, 15) is 9.59 Å². The normalized spacial score (nSPS) is 10.6. The predicted molar refractivity (Wildman–Crippen MR) is 71.5 cm³/mol. The molecule has 2 N–H and O–H groups in total. The maximum Gasteiger partial charge on any atom is 0.317 e. The molecule has 0 rings (SSSR count). The largest absolute Gasteiger partial charge is 0.481 e. The number of nitrogens with one attached hydrogen (secondary N) is 1. The summed E-state index contributed by atoms with van der Waals surface area (Å²) in [5, 5.41) is 19.8. The fourth-order valence-electron chi connectivity index (χ4n) is 1.53. The molecule has 0 aromatic heterocycles. The zero-order valence-corrected chi connectivity index (χ0v) is 11.9. The van der Waals surface area contributed by atoms with E-state index in [-0.39, 0.29) is 17.9 Å². The fourth-order valence-corrected chi connectivity index (χ4v) is 1.53. The van der Waals surface area contributed by atoms with Gasteiger partial charge in [0.25, 0.3) is 0 Å². The van der Waals surface area contributed by atoms with Crippen molar-refractivity contribution in [3.8, 4) is 6.07 Å². The lowest BCUT2D eigenvalue weighted by Gasteiger charge is -2.24. The Bertz CT molecular complexity index is 348. The number of hydrogen-bond donors (Lipinski definition) is 2. The van der Waals surface area contributed by atoms with Gasteiger partial charge in [0.1, 0.15) is 0 Å². The SMILES string of the molecule is CN(CCC#N)C(=O)NCCC(C)(C)CCC(=O)O. The lowest BCUT2D eigenvalue weighted by Crippen LogP contribution is -2.39. The van der Waals surface area contributed by atoms with Gasteiger partial charge in [0, 0.05) is 26.6 Å². The molecule has 0 bridgehead atoms. The van der Waals surface area contributed by atoms with E-state index < -0.39 is 5.97 Å². The molecule has 6 nitrogen and oxygen atoms in total. The average Bonchev–Trinajstić information content (AvgIpc) is 2.33. The zero-order chi connectivity index (χ0) is 14.9. The summed E-state index contributed by atoms with van der Waals surface area (Å²) in [5.41, 5.74) is -0.114. The van der Waals surface area contributed by atoms with Crippen LogP contribution in [0.3, 0.4) is 0 Å². The van der Waals surface area contributed by atoms with Gasteiger partial charge in [0.15, 0.2) is 0 Å². The Balaban J connectivity index is 3.91. The summed E-state index contributed by atoms with van der Waals surface area (Å²) in [6, 6.07) is 1.78. The van der Waals surface area contributed by atoms with Crippen molar-refractivity contribution in [3.63, 3.8) is 0 Å². The third kappa shape index (κ3) is 8.89. The van der Waals surface area contributed by atoms with Gasteiger partial charge in [-0.3, -0.25) is 4.79 Å². The van der Waals surface area contributed by atoms with Crippen LogP contribution in [-0.2, 0) is 4.79 Å². The second-order valence-electron chi connectivity index (χ2n) is 5.37. The van der Waals surface area contributed by atoms with E-state index in [0.717, 1.165) is 6.42 Å². The van der Waals surface area contributed by atoms with Crippen LogP contribution in [0.5, 0.6) is 0 Å². The highest BCUT2D eigenvalue weighted by molar-refractivity contribution is 5.73. The first-order valence-electron chi connectivity index (χ1n) is 6.36. The molecule has 0 fully saturated rings. The highest BCUT2D eigenvalue weighted by Gasteiger charge is 2.19. The summed E-state index contributed by atoms with van der Waals surface area (Å²) in [7, 11) is 1.64. The molecule has 108 valence electrons. The summed E-state index contributed by atoms with van der Waals surface area (Å²) in [4.78, 5) is 23.6. The van der Waals surface area contributed by atoms with Crippen molar-refractivity contribution in [2.45, 2.75) is 39.5 Å². The van der Waals surface area contributed by atoms with Gasteiger partial charge in [-0.25, -0.2) is 4.79 Å². The molecule has 0 spiro atoms. The van der Waals surface area contributed by atoms with E-state index in [2.05, 4.69) is 5.32 Å². The molecule has 2 amide bonds. The molecule has 0 saturated carbocycles. The molecule has 0 aromatic rings. The number of carboxylic acid groups (broad SMARTS) is 1. The number of amides is 2. The molecule has 0 aliphatic rings. The van der Waals surface area contributed by atoms with E-state index in [1.165, 1.54) is 4.90 Å². The molecule has 0 heterocycles. The lowest BCUT2D eigenvalue weighted by atomic mass is 9.84. The maximum absolute atomic E-state index is 11.6. The minimum absolute atomic E-state index is 0.114. The van der Waals surface area contributed by atoms with Gasteiger partial charge in [0.05, 0.1) is 12.5 Å². The Hall–Kier alpha value is -1.77. The van der Waals surface area contributed by atoms with Crippen molar-refractivity contribution in [3.05, 3.63) is 0 Å². The Kier molecular flexibility index (Phi) is 7.57. The summed E-state index contributed by atoms with van der Waals surface area (Å²) in [6.45, 7) is 4.88. The van der Waals surface area contributed by atoms with Crippen molar-refractivity contribution >= 4 is 12.0 Å². The molecular weight excluding hydrogens is 246 g/mol. The number of aliphatic carboxylic acids is 1. The average molecular weight is 269 g/mol. The summed E-state index contributed by atoms with van der Waals surface area (Å²) < 4.78 is 0. The van der Waals surface area contributed by atoms with Crippen LogP contribution in [0.15, 0.2) is 0 Å². The first-order valence-corrected chi connectivity index (χ1v) is 6.36. The fraction of sp³-hybridized carbons (Fsp3) is 0.769. The molecule has 0 radical (unpaired) electrons. The monoisotopic (exact) mass is 269 g/mol. The van der Waals surface area contributed by atoms with Crippen molar-refractivity contribution in [2.75, 3.05) is 20.1 Å². The molecule has 0 aromatic carbocycles. The lowest BCUT2D eigenvalue weighted by molar-refractivity contribution is -0.137. The first-order chi connectivity index (χ1) is 8.78. The molecule has 6 heteroatoms. The number of carboxylic acids is 1. The number of hydrogen-bond acceptors (Lipinski definition) is 3. The highest BCUT2D eigenvalue weighted by atomic mass is 16.4. The zero-order valence-electron chi connectivity index (χ0n) is 11.9. The van der Waals surface area contributed by atoms with Crippen molar-refractivity contribution in [1.29, 1.82) is 5.26 Å². The van der Waals surface area contributed by atoms with Gasteiger partial charge >= 0.3 is 12.0 Å². The molecule has 0 saturated heterocycles. The third-order valence-corrected chi connectivity index (χ3v) is 3.00. The molecule has 0 aliphatic heterocycles. The first kappa shape index (κ1) is 17.2. The van der Waals surface area contributed by atoms with Gasteiger partial charge in [-0.15, -0.1) is 0 Å². The second-order valence-corrected chi connectivity index (χ2v) is 5.37. The van der Waals surface area contributed by atoms with Gasteiger partial charge in [0.2, 0.25) is 0 Å². The standard InChI is InChI=1S/C13H23N3O3/c1-13(2,6-5-11(17)18)7-9-15-12(19)16(3)10-4-8-14/h4-7,9-10H2,1-3H3,(H,15,19)(H,17,18). The Morgan fingerprint density at radius 1 is 1.37 bits per heavy atom. The van der Waals surface area contributed by atoms with Gasteiger partial charge in [-0.05, 0) is 18.3 Å². The molecular formula is C13H23N3O3. The van der Waals surface area contributed by atoms with Crippen LogP contribution in [-0.4, -0.2) is 42.1 Å². The summed E-state index contributed by atoms with van der Waals surface area (Å²) in [5.74, 6) is -0.798. The number of urea groups is 1.